The maximum atomic E-state index is 5.35. The maximum Gasteiger partial charge on any atom is 0.173 e. The first-order valence-corrected chi connectivity index (χ1v) is 4.76. The summed E-state index contributed by atoms with van der Waals surface area (Å²) in [5, 5.41) is 3.26. The van der Waals surface area contributed by atoms with Crippen LogP contribution in [-0.4, -0.2) is 13.1 Å². The summed E-state index contributed by atoms with van der Waals surface area (Å²) in [6.45, 7) is 2.52. The van der Waals surface area contributed by atoms with E-state index in [1.807, 2.05) is 6.07 Å². The first kappa shape index (κ1) is 9.77. The second-order valence-electron chi connectivity index (χ2n) is 2.54. The van der Waals surface area contributed by atoms with E-state index in [2.05, 4.69) is 21.2 Å². The van der Waals surface area contributed by atoms with E-state index < -0.39 is 0 Å². The van der Waals surface area contributed by atoms with Crippen molar-refractivity contribution in [3.8, 4) is 0 Å². The van der Waals surface area contributed by atoms with E-state index in [0.717, 1.165) is 36.3 Å². The third-order valence-electron chi connectivity index (χ3n) is 1.57. The van der Waals surface area contributed by atoms with Gasteiger partial charge in [0, 0.05) is 12.1 Å². The van der Waals surface area contributed by atoms with Crippen LogP contribution in [-0.2, 0) is 6.54 Å². The van der Waals surface area contributed by atoms with Crippen molar-refractivity contribution in [3.05, 3.63) is 22.6 Å². The highest BCUT2D eigenvalue weighted by Crippen LogP contribution is 2.16. The van der Waals surface area contributed by atoms with Crippen molar-refractivity contribution < 1.29 is 4.42 Å². The van der Waals surface area contributed by atoms with Crippen molar-refractivity contribution in [2.75, 3.05) is 13.1 Å². The molecule has 0 saturated heterocycles. The Bertz CT molecular complexity index is 225. The average molecular weight is 233 g/mol. The standard InChI is InChI=1S/C8H13BrN2O/c9-8-7(2-5-12-8)6-11-4-1-3-10/h2,5,11H,1,3-4,6,10H2. The molecule has 0 atom stereocenters. The van der Waals surface area contributed by atoms with Crippen molar-refractivity contribution in [2.45, 2.75) is 13.0 Å². The topological polar surface area (TPSA) is 51.2 Å². The molecule has 0 amide bonds. The predicted molar refractivity (Wildman–Crippen MR) is 51.8 cm³/mol. The molecule has 0 aromatic carbocycles. The van der Waals surface area contributed by atoms with Gasteiger partial charge in [-0.2, -0.15) is 0 Å². The minimum absolute atomic E-state index is 0.736. The number of nitrogens with two attached hydrogens (primary N) is 1. The molecule has 1 heterocycles. The molecule has 3 nitrogen and oxygen atoms in total. The first-order valence-electron chi connectivity index (χ1n) is 3.97. The molecular formula is C8H13BrN2O. The lowest BCUT2D eigenvalue weighted by molar-refractivity contribution is 0.533. The maximum absolute atomic E-state index is 5.35. The number of hydrogen-bond acceptors (Lipinski definition) is 3. The lowest BCUT2D eigenvalue weighted by Crippen LogP contribution is -2.17. The minimum Gasteiger partial charge on any atom is -0.457 e. The van der Waals surface area contributed by atoms with E-state index in [4.69, 9.17) is 10.2 Å². The van der Waals surface area contributed by atoms with Crippen LogP contribution in [0.2, 0.25) is 0 Å². The van der Waals surface area contributed by atoms with Gasteiger partial charge < -0.3 is 15.5 Å². The zero-order valence-electron chi connectivity index (χ0n) is 6.85. The van der Waals surface area contributed by atoms with E-state index >= 15 is 0 Å². The van der Waals surface area contributed by atoms with Gasteiger partial charge in [0.05, 0.1) is 6.26 Å². The molecule has 1 aromatic rings. The summed E-state index contributed by atoms with van der Waals surface area (Å²) in [7, 11) is 0. The Labute approximate surface area is 80.4 Å². The van der Waals surface area contributed by atoms with Crippen LogP contribution in [0.5, 0.6) is 0 Å². The highest BCUT2D eigenvalue weighted by Gasteiger charge is 2.00. The minimum atomic E-state index is 0.736. The van der Waals surface area contributed by atoms with Gasteiger partial charge in [0.1, 0.15) is 0 Å². The molecule has 0 unspecified atom stereocenters. The van der Waals surface area contributed by atoms with Gasteiger partial charge >= 0.3 is 0 Å². The van der Waals surface area contributed by atoms with Crippen LogP contribution in [0.1, 0.15) is 12.0 Å². The van der Waals surface area contributed by atoms with Crippen LogP contribution in [0.3, 0.4) is 0 Å². The van der Waals surface area contributed by atoms with Gasteiger partial charge in [0.15, 0.2) is 4.67 Å². The molecule has 0 spiro atoms. The molecule has 68 valence electrons. The highest BCUT2D eigenvalue weighted by molar-refractivity contribution is 9.10. The quantitative estimate of drug-likeness (QED) is 0.757. The number of furan rings is 1. The highest BCUT2D eigenvalue weighted by atomic mass is 79.9. The number of halogens is 1. The van der Waals surface area contributed by atoms with Crippen molar-refractivity contribution in [1.82, 2.24) is 5.32 Å². The van der Waals surface area contributed by atoms with Gasteiger partial charge in [-0.3, -0.25) is 0 Å². The number of rotatable bonds is 5. The molecule has 12 heavy (non-hydrogen) atoms. The van der Waals surface area contributed by atoms with Gasteiger partial charge in [-0.05, 0) is 41.5 Å². The lowest BCUT2D eigenvalue weighted by Gasteiger charge is -2.00. The van der Waals surface area contributed by atoms with Crippen molar-refractivity contribution in [2.24, 2.45) is 5.73 Å². The van der Waals surface area contributed by atoms with Crippen molar-refractivity contribution >= 4 is 15.9 Å². The fourth-order valence-electron chi connectivity index (χ4n) is 0.896. The van der Waals surface area contributed by atoms with E-state index in [1.54, 1.807) is 6.26 Å². The average Bonchev–Trinajstić information content (AvgIpc) is 2.46. The smallest absolute Gasteiger partial charge is 0.173 e. The Kier molecular flexibility index (Phi) is 4.35. The van der Waals surface area contributed by atoms with Crippen LogP contribution in [0.25, 0.3) is 0 Å². The Morgan fingerprint density at radius 3 is 3.00 bits per heavy atom. The summed E-state index contributed by atoms with van der Waals surface area (Å²) in [6.07, 6.45) is 2.68. The fraction of sp³-hybridized carbons (Fsp3) is 0.500. The largest absolute Gasteiger partial charge is 0.457 e. The zero-order chi connectivity index (χ0) is 8.81. The molecule has 0 saturated carbocycles. The molecule has 3 N–H and O–H groups in total. The van der Waals surface area contributed by atoms with Gasteiger partial charge in [0.2, 0.25) is 0 Å². The number of hydrogen-bond donors (Lipinski definition) is 2. The van der Waals surface area contributed by atoms with E-state index in [0.29, 0.717) is 0 Å². The zero-order valence-corrected chi connectivity index (χ0v) is 8.43. The Morgan fingerprint density at radius 1 is 1.58 bits per heavy atom. The monoisotopic (exact) mass is 232 g/mol. The molecular weight excluding hydrogens is 220 g/mol. The van der Waals surface area contributed by atoms with E-state index in [1.165, 1.54) is 0 Å². The summed E-state index contributed by atoms with van der Waals surface area (Å²) in [5.74, 6) is 0. The van der Waals surface area contributed by atoms with Gasteiger partial charge in [0.25, 0.3) is 0 Å². The molecule has 0 radical (unpaired) electrons. The summed E-state index contributed by atoms with van der Waals surface area (Å²) in [4.78, 5) is 0. The van der Waals surface area contributed by atoms with E-state index in [9.17, 15) is 0 Å². The Morgan fingerprint density at radius 2 is 2.42 bits per heavy atom. The van der Waals surface area contributed by atoms with Gasteiger partial charge in [-0.15, -0.1) is 0 Å². The van der Waals surface area contributed by atoms with Crippen LogP contribution in [0.15, 0.2) is 21.4 Å². The molecule has 0 aliphatic rings. The predicted octanol–water partition coefficient (Wildman–Crippen LogP) is 1.48. The third-order valence-corrected chi connectivity index (χ3v) is 2.26. The van der Waals surface area contributed by atoms with Crippen molar-refractivity contribution in [3.63, 3.8) is 0 Å². The fourth-order valence-corrected chi connectivity index (χ4v) is 1.28. The Balaban J connectivity index is 2.20. The van der Waals surface area contributed by atoms with Crippen LogP contribution < -0.4 is 11.1 Å². The first-order chi connectivity index (χ1) is 5.84. The van der Waals surface area contributed by atoms with Crippen molar-refractivity contribution in [1.29, 1.82) is 0 Å². The Hall–Kier alpha value is -0.320. The molecule has 0 aliphatic carbocycles. The molecule has 4 heteroatoms. The van der Waals surface area contributed by atoms with Gasteiger partial charge in [-0.25, -0.2) is 0 Å². The van der Waals surface area contributed by atoms with Gasteiger partial charge in [-0.1, -0.05) is 0 Å². The molecule has 1 aromatic heterocycles. The lowest BCUT2D eigenvalue weighted by atomic mass is 10.3. The second kappa shape index (κ2) is 5.35. The van der Waals surface area contributed by atoms with Crippen LogP contribution >= 0.6 is 15.9 Å². The summed E-state index contributed by atoms with van der Waals surface area (Å²) >= 11 is 3.30. The SMILES string of the molecule is NCCCNCc1ccoc1Br. The molecule has 0 bridgehead atoms. The molecule has 0 aliphatic heterocycles. The summed E-state index contributed by atoms with van der Waals surface area (Å²) in [6, 6.07) is 1.94. The second-order valence-corrected chi connectivity index (χ2v) is 3.26. The third kappa shape index (κ3) is 2.97. The normalized spacial score (nSPS) is 10.5. The molecule has 0 fully saturated rings. The summed E-state index contributed by atoms with van der Waals surface area (Å²) in [5.41, 5.74) is 6.50. The molecule has 1 rings (SSSR count). The van der Waals surface area contributed by atoms with Crippen LogP contribution in [0.4, 0.5) is 0 Å². The summed E-state index contributed by atoms with van der Waals surface area (Å²) < 4.78 is 5.88. The van der Waals surface area contributed by atoms with E-state index in [-0.39, 0.29) is 0 Å². The number of nitrogens with one attached hydrogen (secondary N) is 1. The van der Waals surface area contributed by atoms with Crippen LogP contribution in [0, 0.1) is 0 Å².